The number of nitrogens with one attached hydrogen (secondary N) is 2. The maximum Gasteiger partial charge on any atom is 0.274 e. The smallest absolute Gasteiger partial charge is 0.274 e. The highest BCUT2D eigenvalue weighted by Gasteiger charge is 2.23. The lowest BCUT2D eigenvalue weighted by Gasteiger charge is -2.11. The number of carbonyl (C=O) groups is 2. The Morgan fingerprint density at radius 1 is 0.688 bits per heavy atom. The lowest BCUT2D eigenvalue weighted by Crippen LogP contribution is -2.22. The molecular weight excluding hydrogens is 400 g/mol. The number of hydrogen-bond donors (Lipinski definition) is 2. The van der Waals surface area contributed by atoms with E-state index >= 15 is 0 Å². The summed E-state index contributed by atoms with van der Waals surface area (Å²) in [5, 5.41) is 13.9. The Bertz CT molecular complexity index is 1480. The number of hydrogen-bond acceptors (Lipinski definition) is 3. The van der Waals surface area contributed by atoms with E-state index in [1.54, 1.807) is 7.05 Å². The molecule has 6 heteroatoms. The number of benzene rings is 4. The summed E-state index contributed by atoms with van der Waals surface area (Å²) in [4.78, 5) is 26.3. The van der Waals surface area contributed by atoms with Crippen LogP contribution in [0.25, 0.3) is 21.5 Å². The highest BCUT2D eigenvalue weighted by atomic mass is 16.2. The van der Waals surface area contributed by atoms with Gasteiger partial charge in [-0.25, -0.2) is 0 Å². The van der Waals surface area contributed by atoms with Crippen molar-refractivity contribution in [2.24, 2.45) is 7.05 Å². The molecule has 0 radical (unpaired) electrons. The van der Waals surface area contributed by atoms with Crippen molar-refractivity contribution in [3.63, 3.8) is 0 Å². The minimum Gasteiger partial charge on any atom is -0.321 e. The molecule has 32 heavy (non-hydrogen) atoms. The quantitative estimate of drug-likeness (QED) is 0.418. The molecule has 1 aromatic heterocycles. The van der Waals surface area contributed by atoms with Crippen molar-refractivity contribution >= 4 is 44.7 Å². The summed E-state index contributed by atoms with van der Waals surface area (Å²) in [6.45, 7) is 0. The fourth-order valence-electron chi connectivity index (χ4n) is 3.91. The maximum absolute atomic E-state index is 13.2. The van der Waals surface area contributed by atoms with E-state index in [4.69, 9.17) is 0 Å². The van der Waals surface area contributed by atoms with Gasteiger partial charge in [0, 0.05) is 29.2 Å². The molecule has 2 N–H and O–H groups in total. The standard InChI is InChI=1S/C26H20N4O2/c1-30-24(26(32)29-23-15-7-11-18-9-3-5-13-20(18)23)21(16-27-30)25(31)28-22-14-6-10-17-8-2-4-12-19(17)22/h2-16H,1H3,(H,28,31)(H,29,32). The molecule has 0 saturated carbocycles. The largest absolute Gasteiger partial charge is 0.321 e. The third-order valence-electron chi connectivity index (χ3n) is 5.47. The Morgan fingerprint density at radius 2 is 1.19 bits per heavy atom. The number of aromatic nitrogens is 2. The van der Waals surface area contributed by atoms with Crippen LogP contribution in [-0.2, 0) is 7.05 Å². The van der Waals surface area contributed by atoms with Crippen LogP contribution in [0.3, 0.4) is 0 Å². The normalized spacial score (nSPS) is 10.9. The number of carbonyl (C=O) groups excluding carboxylic acids is 2. The molecule has 1 heterocycles. The van der Waals surface area contributed by atoms with Gasteiger partial charge in [-0.3, -0.25) is 14.3 Å². The van der Waals surface area contributed by atoms with E-state index in [-0.39, 0.29) is 11.3 Å². The average Bonchev–Trinajstić information content (AvgIpc) is 3.21. The van der Waals surface area contributed by atoms with E-state index in [1.165, 1.54) is 10.9 Å². The van der Waals surface area contributed by atoms with E-state index in [2.05, 4.69) is 15.7 Å². The van der Waals surface area contributed by atoms with Crippen molar-refractivity contribution < 1.29 is 9.59 Å². The van der Waals surface area contributed by atoms with Crippen LogP contribution < -0.4 is 10.6 Å². The Hall–Kier alpha value is -4.45. The molecule has 156 valence electrons. The van der Waals surface area contributed by atoms with Crippen molar-refractivity contribution in [3.05, 3.63) is 102 Å². The molecule has 4 aromatic carbocycles. The fourth-order valence-corrected chi connectivity index (χ4v) is 3.91. The Kier molecular flexibility index (Phi) is 4.88. The van der Waals surface area contributed by atoms with Gasteiger partial charge in [-0.05, 0) is 22.9 Å². The molecule has 0 unspecified atom stereocenters. The zero-order valence-electron chi connectivity index (χ0n) is 17.4. The molecule has 0 fully saturated rings. The van der Waals surface area contributed by atoms with Crippen LogP contribution in [-0.4, -0.2) is 21.6 Å². The first-order valence-electron chi connectivity index (χ1n) is 10.2. The van der Waals surface area contributed by atoms with E-state index in [0.29, 0.717) is 11.4 Å². The highest BCUT2D eigenvalue weighted by molar-refractivity contribution is 6.17. The molecule has 0 aliphatic carbocycles. The first-order valence-corrected chi connectivity index (χ1v) is 10.2. The van der Waals surface area contributed by atoms with Gasteiger partial charge < -0.3 is 10.6 Å². The topological polar surface area (TPSA) is 76.0 Å². The van der Waals surface area contributed by atoms with Crippen LogP contribution in [0.1, 0.15) is 20.8 Å². The van der Waals surface area contributed by atoms with Gasteiger partial charge in [-0.1, -0.05) is 72.8 Å². The van der Waals surface area contributed by atoms with Crippen LogP contribution in [0.15, 0.2) is 91.1 Å². The molecule has 0 aliphatic heterocycles. The van der Waals surface area contributed by atoms with Crippen LogP contribution in [0.4, 0.5) is 11.4 Å². The number of anilines is 2. The van der Waals surface area contributed by atoms with Crippen molar-refractivity contribution in [1.29, 1.82) is 0 Å². The van der Waals surface area contributed by atoms with Crippen LogP contribution in [0.2, 0.25) is 0 Å². The summed E-state index contributed by atoms with van der Waals surface area (Å²) in [6.07, 6.45) is 1.42. The zero-order chi connectivity index (χ0) is 22.1. The average molecular weight is 420 g/mol. The molecular formula is C26H20N4O2. The Labute approximate surface area is 184 Å². The molecule has 0 atom stereocenters. The molecule has 5 aromatic rings. The van der Waals surface area contributed by atoms with Gasteiger partial charge in [-0.15, -0.1) is 0 Å². The SMILES string of the molecule is Cn1ncc(C(=O)Nc2cccc3ccccc23)c1C(=O)Nc1cccc2ccccc12. The van der Waals surface area contributed by atoms with Crippen molar-refractivity contribution in [3.8, 4) is 0 Å². The second kappa shape index (κ2) is 8.00. The second-order valence-corrected chi connectivity index (χ2v) is 7.49. The monoisotopic (exact) mass is 420 g/mol. The lowest BCUT2D eigenvalue weighted by atomic mass is 10.1. The van der Waals surface area contributed by atoms with E-state index in [9.17, 15) is 9.59 Å². The molecule has 0 saturated heterocycles. The molecule has 0 aliphatic rings. The van der Waals surface area contributed by atoms with Gasteiger partial charge in [-0.2, -0.15) is 5.10 Å². The number of fused-ring (bicyclic) bond motifs is 2. The maximum atomic E-state index is 13.2. The minimum atomic E-state index is -0.399. The summed E-state index contributed by atoms with van der Waals surface area (Å²) in [5.74, 6) is -0.790. The highest BCUT2D eigenvalue weighted by Crippen LogP contribution is 2.26. The Balaban J connectivity index is 1.46. The second-order valence-electron chi connectivity index (χ2n) is 7.49. The van der Waals surface area contributed by atoms with Gasteiger partial charge >= 0.3 is 0 Å². The van der Waals surface area contributed by atoms with Crippen LogP contribution >= 0.6 is 0 Å². The van der Waals surface area contributed by atoms with Gasteiger partial charge in [0.2, 0.25) is 0 Å². The first-order chi connectivity index (χ1) is 15.6. The minimum absolute atomic E-state index is 0.190. The van der Waals surface area contributed by atoms with Crippen molar-refractivity contribution in [1.82, 2.24) is 9.78 Å². The molecule has 2 amide bonds. The lowest BCUT2D eigenvalue weighted by molar-refractivity contribution is 0.0985. The molecule has 5 rings (SSSR count). The summed E-state index contributed by atoms with van der Waals surface area (Å²) in [6, 6.07) is 27.0. The summed E-state index contributed by atoms with van der Waals surface area (Å²) < 4.78 is 1.42. The fraction of sp³-hybridized carbons (Fsp3) is 0.0385. The molecule has 0 bridgehead atoms. The van der Waals surface area contributed by atoms with Crippen LogP contribution in [0, 0.1) is 0 Å². The van der Waals surface area contributed by atoms with E-state index in [0.717, 1.165) is 21.5 Å². The number of amides is 2. The van der Waals surface area contributed by atoms with Gasteiger partial charge in [0.1, 0.15) is 5.69 Å². The Morgan fingerprint density at radius 3 is 1.78 bits per heavy atom. The molecule has 0 spiro atoms. The predicted octanol–water partition coefficient (Wildman–Crippen LogP) is 5.23. The molecule has 6 nitrogen and oxygen atoms in total. The van der Waals surface area contributed by atoms with E-state index in [1.807, 2.05) is 84.9 Å². The third-order valence-corrected chi connectivity index (χ3v) is 5.47. The van der Waals surface area contributed by atoms with Crippen LogP contribution in [0.5, 0.6) is 0 Å². The van der Waals surface area contributed by atoms with Gasteiger partial charge in [0.15, 0.2) is 0 Å². The van der Waals surface area contributed by atoms with Crippen molar-refractivity contribution in [2.75, 3.05) is 10.6 Å². The van der Waals surface area contributed by atoms with Crippen molar-refractivity contribution in [2.45, 2.75) is 0 Å². The van der Waals surface area contributed by atoms with Gasteiger partial charge in [0.25, 0.3) is 11.8 Å². The predicted molar refractivity (Wildman–Crippen MR) is 127 cm³/mol. The number of nitrogens with zero attached hydrogens (tertiary/aromatic N) is 2. The zero-order valence-corrected chi connectivity index (χ0v) is 17.4. The number of aryl methyl sites for hydroxylation is 1. The summed E-state index contributed by atoms with van der Waals surface area (Å²) >= 11 is 0. The number of rotatable bonds is 4. The van der Waals surface area contributed by atoms with Gasteiger partial charge in [0.05, 0.1) is 11.8 Å². The first kappa shape index (κ1) is 19.5. The summed E-state index contributed by atoms with van der Waals surface area (Å²) in [7, 11) is 1.65. The summed E-state index contributed by atoms with van der Waals surface area (Å²) in [5.41, 5.74) is 1.75. The third kappa shape index (κ3) is 3.48. The van der Waals surface area contributed by atoms with E-state index < -0.39 is 11.8 Å².